The molecule has 3 aromatic heterocycles. The van der Waals surface area contributed by atoms with E-state index in [1.54, 1.807) is 41.8 Å². The number of rotatable bonds is 4. The molecule has 0 radical (unpaired) electrons. The van der Waals surface area contributed by atoms with Gasteiger partial charge in [0.2, 0.25) is 0 Å². The van der Waals surface area contributed by atoms with Crippen LogP contribution in [0.1, 0.15) is 23.3 Å². The van der Waals surface area contributed by atoms with Crippen molar-refractivity contribution in [3.05, 3.63) is 53.2 Å². The van der Waals surface area contributed by atoms with Crippen molar-refractivity contribution in [2.75, 3.05) is 13.1 Å². The maximum Gasteiger partial charge on any atom is 0.316 e. The molecule has 1 atom stereocenters. The molecule has 0 saturated carbocycles. The van der Waals surface area contributed by atoms with Gasteiger partial charge >= 0.3 is 6.01 Å². The van der Waals surface area contributed by atoms with Gasteiger partial charge in [0.15, 0.2) is 11.5 Å². The summed E-state index contributed by atoms with van der Waals surface area (Å²) in [6.45, 7) is 1.10. The number of piperidine rings is 1. The zero-order valence-electron chi connectivity index (χ0n) is 14.3. The van der Waals surface area contributed by atoms with Crippen LogP contribution in [0.25, 0.3) is 11.3 Å². The van der Waals surface area contributed by atoms with Crippen LogP contribution in [0.2, 0.25) is 0 Å². The van der Waals surface area contributed by atoms with Gasteiger partial charge in [-0.25, -0.2) is 9.97 Å². The summed E-state index contributed by atoms with van der Waals surface area (Å²) in [6, 6.07) is 5.60. The number of pyridine rings is 1. The average Bonchev–Trinajstić information content (AvgIpc) is 3.20. The molecule has 1 unspecified atom stereocenters. The lowest BCUT2D eigenvalue weighted by Crippen LogP contribution is -2.44. The molecule has 9 heteroatoms. The Bertz CT molecular complexity index is 916. The molecule has 1 aliphatic heterocycles. The monoisotopic (exact) mass is 429 g/mol. The molecule has 138 valence electrons. The summed E-state index contributed by atoms with van der Waals surface area (Å²) < 4.78 is 11.9. The van der Waals surface area contributed by atoms with E-state index in [0.717, 1.165) is 22.9 Å². The lowest BCUT2D eigenvalue weighted by Gasteiger charge is -2.31. The topological polar surface area (TPSA) is 94.2 Å². The van der Waals surface area contributed by atoms with E-state index >= 15 is 0 Å². The third-order valence-electron chi connectivity index (χ3n) is 4.21. The summed E-state index contributed by atoms with van der Waals surface area (Å²) >= 11 is 3.29. The standard InChI is InChI=1S/C18H16BrN5O3/c19-13-9-21-18(22-10-13)26-14-4-2-6-24(11-14)17(25)15-7-16(27-23-15)12-3-1-5-20-8-12/h1,3,5,7-10,14H,2,4,6,11H2. The van der Waals surface area contributed by atoms with Gasteiger partial charge in [0.1, 0.15) is 6.10 Å². The molecule has 4 heterocycles. The fourth-order valence-corrected chi connectivity index (χ4v) is 3.12. The summed E-state index contributed by atoms with van der Waals surface area (Å²) in [4.78, 5) is 26.8. The first-order valence-corrected chi connectivity index (χ1v) is 9.29. The quantitative estimate of drug-likeness (QED) is 0.628. The molecule has 1 fully saturated rings. The van der Waals surface area contributed by atoms with Crippen LogP contribution in [0.15, 0.2) is 52.0 Å². The minimum absolute atomic E-state index is 0.159. The van der Waals surface area contributed by atoms with Crippen molar-refractivity contribution in [2.24, 2.45) is 0 Å². The molecule has 0 aromatic carbocycles. The number of amides is 1. The van der Waals surface area contributed by atoms with Gasteiger partial charge in [-0.3, -0.25) is 9.78 Å². The first-order valence-electron chi connectivity index (χ1n) is 8.49. The number of halogens is 1. The Balaban J connectivity index is 1.43. The second-order valence-corrected chi connectivity index (χ2v) is 7.05. The molecule has 1 aliphatic rings. The first-order chi connectivity index (χ1) is 13.2. The molecule has 27 heavy (non-hydrogen) atoms. The Labute approximate surface area is 163 Å². The van der Waals surface area contributed by atoms with Crippen molar-refractivity contribution in [2.45, 2.75) is 18.9 Å². The van der Waals surface area contributed by atoms with E-state index in [1.165, 1.54) is 0 Å². The number of hydrogen-bond donors (Lipinski definition) is 0. The van der Waals surface area contributed by atoms with Crippen molar-refractivity contribution in [1.82, 2.24) is 25.0 Å². The maximum atomic E-state index is 12.8. The number of hydrogen-bond acceptors (Lipinski definition) is 7. The number of carbonyl (C=O) groups is 1. The van der Waals surface area contributed by atoms with Crippen molar-refractivity contribution < 1.29 is 14.1 Å². The summed E-state index contributed by atoms with van der Waals surface area (Å²) in [7, 11) is 0. The lowest BCUT2D eigenvalue weighted by molar-refractivity contribution is 0.0507. The number of carbonyl (C=O) groups excluding carboxylic acids is 1. The molecule has 0 aliphatic carbocycles. The largest absolute Gasteiger partial charge is 0.458 e. The maximum absolute atomic E-state index is 12.8. The number of ether oxygens (including phenoxy) is 1. The van der Waals surface area contributed by atoms with Crippen molar-refractivity contribution in [1.29, 1.82) is 0 Å². The van der Waals surface area contributed by atoms with Crippen LogP contribution in [-0.4, -0.2) is 50.1 Å². The average molecular weight is 430 g/mol. The minimum atomic E-state index is -0.182. The highest BCUT2D eigenvalue weighted by molar-refractivity contribution is 9.10. The van der Waals surface area contributed by atoms with Gasteiger partial charge in [-0.15, -0.1) is 0 Å². The molecular weight excluding hydrogens is 414 g/mol. The van der Waals surface area contributed by atoms with Crippen LogP contribution in [-0.2, 0) is 0 Å². The zero-order valence-corrected chi connectivity index (χ0v) is 15.9. The summed E-state index contributed by atoms with van der Waals surface area (Å²) in [5.41, 5.74) is 1.05. The normalized spacial score (nSPS) is 16.9. The first kappa shape index (κ1) is 17.6. The highest BCUT2D eigenvalue weighted by Gasteiger charge is 2.28. The van der Waals surface area contributed by atoms with E-state index in [1.807, 2.05) is 6.07 Å². The van der Waals surface area contributed by atoms with Gasteiger partial charge in [-0.1, -0.05) is 5.16 Å². The molecule has 4 rings (SSSR count). The molecular formula is C18H16BrN5O3. The molecule has 1 saturated heterocycles. The molecule has 3 aromatic rings. The highest BCUT2D eigenvalue weighted by Crippen LogP contribution is 2.22. The predicted octanol–water partition coefficient (Wildman–Crippen LogP) is 2.97. The summed E-state index contributed by atoms with van der Waals surface area (Å²) in [6.07, 6.45) is 8.11. The Kier molecular flexibility index (Phi) is 5.10. The van der Waals surface area contributed by atoms with Crippen LogP contribution in [0, 0.1) is 0 Å². The van der Waals surface area contributed by atoms with E-state index in [9.17, 15) is 4.79 Å². The summed E-state index contributed by atoms with van der Waals surface area (Å²) in [5, 5.41) is 3.92. The molecule has 0 spiro atoms. The van der Waals surface area contributed by atoms with Gasteiger partial charge < -0.3 is 14.2 Å². The number of likely N-dealkylation sites (tertiary alicyclic amines) is 1. The van der Waals surface area contributed by atoms with E-state index in [0.29, 0.717) is 24.9 Å². The number of aromatic nitrogens is 4. The van der Waals surface area contributed by atoms with Crippen LogP contribution < -0.4 is 4.74 Å². The Morgan fingerprint density at radius 1 is 1.30 bits per heavy atom. The lowest BCUT2D eigenvalue weighted by atomic mass is 10.1. The van der Waals surface area contributed by atoms with Gasteiger partial charge in [0.05, 0.1) is 11.0 Å². The Hall–Kier alpha value is -2.81. The molecule has 0 bridgehead atoms. The van der Waals surface area contributed by atoms with E-state index in [2.05, 4.69) is 36.0 Å². The molecule has 8 nitrogen and oxygen atoms in total. The van der Waals surface area contributed by atoms with Crippen LogP contribution >= 0.6 is 15.9 Å². The highest BCUT2D eigenvalue weighted by atomic mass is 79.9. The van der Waals surface area contributed by atoms with Gasteiger partial charge in [0.25, 0.3) is 5.91 Å². The van der Waals surface area contributed by atoms with Crippen LogP contribution in [0.5, 0.6) is 6.01 Å². The minimum Gasteiger partial charge on any atom is -0.458 e. The van der Waals surface area contributed by atoms with Gasteiger partial charge in [-0.05, 0) is 40.9 Å². The van der Waals surface area contributed by atoms with Crippen molar-refractivity contribution in [3.8, 4) is 17.3 Å². The third kappa shape index (κ3) is 4.13. The van der Waals surface area contributed by atoms with Gasteiger partial charge in [0, 0.05) is 43.0 Å². The Morgan fingerprint density at radius 2 is 2.15 bits per heavy atom. The second kappa shape index (κ2) is 7.83. The SMILES string of the molecule is O=C(c1cc(-c2cccnc2)on1)N1CCCC(Oc2ncc(Br)cn2)C1. The molecule has 1 amide bonds. The summed E-state index contributed by atoms with van der Waals surface area (Å²) in [5.74, 6) is 0.332. The van der Waals surface area contributed by atoms with E-state index in [4.69, 9.17) is 9.26 Å². The van der Waals surface area contributed by atoms with Crippen LogP contribution in [0.3, 0.4) is 0 Å². The number of nitrogens with zero attached hydrogens (tertiary/aromatic N) is 5. The Morgan fingerprint density at radius 3 is 2.93 bits per heavy atom. The smallest absolute Gasteiger partial charge is 0.316 e. The van der Waals surface area contributed by atoms with Gasteiger partial charge in [-0.2, -0.15) is 0 Å². The second-order valence-electron chi connectivity index (χ2n) is 6.14. The van der Waals surface area contributed by atoms with Crippen LogP contribution in [0.4, 0.5) is 0 Å². The zero-order chi connectivity index (χ0) is 18.6. The molecule has 0 N–H and O–H groups in total. The predicted molar refractivity (Wildman–Crippen MR) is 99.0 cm³/mol. The fourth-order valence-electron chi connectivity index (χ4n) is 2.91. The van der Waals surface area contributed by atoms with Crippen molar-refractivity contribution >= 4 is 21.8 Å². The van der Waals surface area contributed by atoms with E-state index < -0.39 is 0 Å². The fraction of sp³-hybridized carbons (Fsp3) is 0.278. The van der Waals surface area contributed by atoms with E-state index in [-0.39, 0.29) is 17.7 Å². The van der Waals surface area contributed by atoms with Crippen molar-refractivity contribution in [3.63, 3.8) is 0 Å². The third-order valence-corrected chi connectivity index (χ3v) is 4.62.